The Kier molecular flexibility index (Phi) is 3.08. The second-order valence-corrected chi connectivity index (χ2v) is 5.30. The minimum Gasteiger partial charge on any atom is -0.328 e. The molecule has 1 aromatic carbocycles. The van der Waals surface area contributed by atoms with Gasteiger partial charge in [-0.1, -0.05) is 25.3 Å². The van der Waals surface area contributed by atoms with E-state index in [1.807, 2.05) is 0 Å². The van der Waals surface area contributed by atoms with Crippen molar-refractivity contribution in [2.24, 2.45) is 11.7 Å². The van der Waals surface area contributed by atoms with Crippen molar-refractivity contribution in [2.75, 3.05) is 0 Å². The van der Waals surface area contributed by atoms with Crippen LogP contribution in [0.1, 0.15) is 37.6 Å². The molecule has 0 bridgehead atoms. The number of aromatic nitrogens is 2. The Bertz CT molecular complexity index is 552. The minimum absolute atomic E-state index is 0.590. The average molecular weight is 243 g/mol. The molecule has 0 aliphatic heterocycles. The smallest absolute Gasteiger partial charge is 0.110 e. The molecule has 1 saturated carbocycles. The van der Waals surface area contributed by atoms with Crippen LogP contribution in [-0.2, 0) is 19.5 Å². The van der Waals surface area contributed by atoms with Gasteiger partial charge in [0, 0.05) is 19.5 Å². The Morgan fingerprint density at radius 1 is 1.39 bits per heavy atom. The van der Waals surface area contributed by atoms with Gasteiger partial charge in [0.05, 0.1) is 11.0 Å². The molecule has 0 spiro atoms. The Morgan fingerprint density at radius 2 is 2.22 bits per heavy atom. The van der Waals surface area contributed by atoms with Crippen molar-refractivity contribution < 1.29 is 0 Å². The standard InChI is InChI=1S/C15H21N3/c1-2-18-14-7-6-12(10-16)8-13(14)17-15(18)9-11-4-3-5-11/h6-8,11H,2-5,9-10,16H2,1H3. The monoisotopic (exact) mass is 243 g/mol. The zero-order valence-corrected chi connectivity index (χ0v) is 11.0. The van der Waals surface area contributed by atoms with Crippen molar-refractivity contribution in [2.45, 2.75) is 45.7 Å². The number of nitrogens with two attached hydrogens (primary N) is 1. The van der Waals surface area contributed by atoms with Gasteiger partial charge < -0.3 is 10.3 Å². The van der Waals surface area contributed by atoms with Gasteiger partial charge in [-0.2, -0.15) is 0 Å². The lowest BCUT2D eigenvalue weighted by atomic mass is 9.83. The number of benzene rings is 1. The van der Waals surface area contributed by atoms with Crippen LogP contribution >= 0.6 is 0 Å². The Hall–Kier alpha value is -1.35. The third kappa shape index (κ3) is 1.93. The lowest BCUT2D eigenvalue weighted by molar-refractivity contribution is 0.306. The van der Waals surface area contributed by atoms with Crippen molar-refractivity contribution in [1.82, 2.24) is 9.55 Å². The first-order valence-corrected chi connectivity index (χ1v) is 7.00. The fourth-order valence-corrected chi connectivity index (χ4v) is 2.82. The van der Waals surface area contributed by atoms with Gasteiger partial charge in [0.2, 0.25) is 0 Å². The van der Waals surface area contributed by atoms with Crippen molar-refractivity contribution >= 4 is 11.0 Å². The predicted octanol–water partition coefficient (Wildman–Crippen LogP) is 2.86. The third-order valence-electron chi connectivity index (χ3n) is 4.14. The summed E-state index contributed by atoms with van der Waals surface area (Å²) >= 11 is 0. The van der Waals surface area contributed by atoms with E-state index in [-0.39, 0.29) is 0 Å². The number of imidazole rings is 1. The fraction of sp³-hybridized carbons (Fsp3) is 0.533. The molecule has 18 heavy (non-hydrogen) atoms. The zero-order valence-electron chi connectivity index (χ0n) is 11.0. The molecule has 3 nitrogen and oxygen atoms in total. The molecule has 2 aromatic rings. The fourth-order valence-electron chi connectivity index (χ4n) is 2.82. The summed E-state index contributed by atoms with van der Waals surface area (Å²) in [5.41, 5.74) is 9.22. The summed E-state index contributed by atoms with van der Waals surface area (Å²) in [7, 11) is 0. The first-order chi connectivity index (χ1) is 8.81. The summed E-state index contributed by atoms with van der Waals surface area (Å²) in [4.78, 5) is 4.82. The molecule has 0 amide bonds. The van der Waals surface area contributed by atoms with Crippen LogP contribution in [0.2, 0.25) is 0 Å². The van der Waals surface area contributed by atoms with Gasteiger partial charge in [0.15, 0.2) is 0 Å². The van der Waals surface area contributed by atoms with Crippen LogP contribution < -0.4 is 5.73 Å². The van der Waals surface area contributed by atoms with E-state index in [4.69, 9.17) is 10.7 Å². The Morgan fingerprint density at radius 3 is 2.83 bits per heavy atom. The van der Waals surface area contributed by atoms with E-state index in [9.17, 15) is 0 Å². The van der Waals surface area contributed by atoms with Gasteiger partial charge in [-0.3, -0.25) is 0 Å². The van der Waals surface area contributed by atoms with Crippen LogP contribution in [0.4, 0.5) is 0 Å². The third-order valence-corrected chi connectivity index (χ3v) is 4.14. The molecule has 0 unspecified atom stereocenters. The molecule has 1 aromatic heterocycles. The number of hydrogen-bond acceptors (Lipinski definition) is 2. The molecular formula is C15H21N3. The molecule has 0 radical (unpaired) electrons. The van der Waals surface area contributed by atoms with Crippen LogP contribution in [0.5, 0.6) is 0 Å². The molecule has 1 aliphatic carbocycles. The van der Waals surface area contributed by atoms with Gasteiger partial charge in [-0.25, -0.2) is 4.98 Å². The average Bonchev–Trinajstić information content (AvgIpc) is 2.69. The van der Waals surface area contributed by atoms with E-state index in [0.717, 1.165) is 24.4 Å². The van der Waals surface area contributed by atoms with E-state index in [1.165, 1.54) is 36.2 Å². The SMILES string of the molecule is CCn1c(CC2CCC2)nc2cc(CN)ccc21. The van der Waals surface area contributed by atoms with Crippen LogP contribution in [0.3, 0.4) is 0 Å². The number of hydrogen-bond donors (Lipinski definition) is 1. The van der Waals surface area contributed by atoms with Crippen molar-refractivity contribution in [3.63, 3.8) is 0 Å². The first kappa shape index (κ1) is 11.7. The summed E-state index contributed by atoms with van der Waals surface area (Å²) in [6.45, 7) is 3.79. The van der Waals surface area contributed by atoms with E-state index >= 15 is 0 Å². The minimum atomic E-state index is 0.590. The topological polar surface area (TPSA) is 43.8 Å². The number of aryl methyl sites for hydroxylation is 1. The van der Waals surface area contributed by atoms with E-state index in [1.54, 1.807) is 0 Å². The van der Waals surface area contributed by atoms with E-state index in [2.05, 4.69) is 29.7 Å². The van der Waals surface area contributed by atoms with Crippen LogP contribution in [-0.4, -0.2) is 9.55 Å². The molecule has 1 fully saturated rings. The van der Waals surface area contributed by atoms with Gasteiger partial charge >= 0.3 is 0 Å². The lowest BCUT2D eigenvalue weighted by Crippen LogP contribution is -2.16. The molecule has 1 aliphatic rings. The van der Waals surface area contributed by atoms with Crippen LogP contribution in [0.15, 0.2) is 18.2 Å². The highest BCUT2D eigenvalue weighted by molar-refractivity contribution is 5.77. The normalized spacial score (nSPS) is 16.1. The number of rotatable bonds is 4. The lowest BCUT2D eigenvalue weighted by Gasteiger charge is -2.25. The molecule has 3 heteroatoms. The molecule has 2 N–H and O–H groups in total. The highest BCUT2D eigenvalue weighted by atomic mass is 15.1. The summed E-state index contributed by atoms with van der Waals surface area (Å²) in [6.07, 6.45) is 5.29. The first-order valence-electron chi connectivity index (χ1n) is 7.00. The largest absolute Gasteiger partial charge is 0.328 e. The maximum Gasteiger partial charge on any atom is 0.110 e. The highest BCUT2D eigenvalue weighted by Crippen LogP contribution is 2.30. The second-order valence-electron chi connectivity index (χ2n) is 5.30. The van der Waals surface area contributed by atoms with E-state index in [0.29, 0.717) is 6.54 Å². The van der Waals surface area contributed by atoms with Crippen molar-refractivity contribution in [3.05, 3.63) is 29.6 Å². The molecule has 1 heterocycles. The molecule has 0 saturated heterocycles. The quantitative estimate of drug-likeness (QED) is 0.897. The summed E-state index contributed by atoms with van der Waals surface area (Å²) in [5, 5.41) is 0. The number of nitrogens with zero attached hydrogens (tertiary/aromatic N) is 2. The zero-order chi connectivity index (χ0) is 12.5. The summed E-state index contributed by atoms with van der Waals surface area (Å²) < 4.78 is 2.36. The molecular weight excluding hydrogens is 222 g/mol. The maximum atomic E-state index is 5.70. The van der Waals surface area contributed by atoms with Gasteiger partial charge in [0.25, 0.3) is 0 Å². The Labute approximate surface area is 108 Å². The van der Waals surface area contributed by atoms with Crippen molar-refractivity contribution in [1.29, 1.82) is 0 Å². The molecule has 3 rings (SSSR count). The van der Waals surface area contributed by atoms with Gasteiger partial charge in [0.1, 0.15) is 5.82 Å². The van der Waals surface area contributed by atoms with Gasteiger partial charge in [-0.05, 0) is 30.5 Å². The predicted molar refractivity (Wildman–Crippen MR) is 74.3 cm³/mol. The van der Waals surface area contributed by atoms with Crippen molar-refractivity contribution in [3.8, 4) is 0 Å². The Balaban J connectivity index is 2.01. The molecule has 96 valence electrons. The second kappa shape index (κ2) is 4.73. The van der Waals surface area contributed by atoms with Gasteiger partial charge in [-0.15, -0.1) is 0 Å². The molecule has 0 atom stereocenters. The van der Waals surface area contributed by atoms with Crippen LogP contribution in [0.25, 0.3) is 11.0 Å². The van der Waals surface area contributed by atoms with Crippen LogP contribution in [0, 0.1) is 5.92 Å². The maximum absolute atomic E-state index is 5.70. The summed E-state index contributed by atoms with van der Waals surface area (Å²) in [6, 6.07) is 6.41. The summed E-state index contributed by atoms with van der Waals surface area (Å²) in [5.74, 6) is 2.12. The number of fused-ring (bicyclic) bond motifs is 1. The highest BCUT2D eigenvalue weighted by Gasteiger charge is 2.21. The van der Waals surface area contributed by atoms with E-state index < -0.39 is 0 Å².